The zero-order chi connectivity index (χ0) is 19.4. The van der Waals surface area contributed by atoms with Crippen LogP contribution < -0.4 is 25.4 Å². The molecule has 0 atom stereocenters. The van der Waals surface area contributed by atoms with Gasteiger partial charge in [-0.05, 0) is 44.9 Å². The van der Waals surface area contributed by atoms with Crippen LogP contribution in [0.3, 0.4) is 0 Å². The van der Waals surface area contributed by atoms with Gasteiger partial charge in [-0.15, -0.1) is 24.0 Å². The number of ether oxygens (including phenoxy) is 2. The minimum Gasteiger partial charge on any atom is -0.493 e. The van der Waals surface area contributed by atoms with Gasteiger partial charge in [-0.25, -0.2) is 0 Å². The zero-order valence-corrected chi connectivity index (χ0v) is 19.3. The van der Waals surface area contributed by atoms with Crippen molar-refractivity contribution in [1.82, 2.24) is 16.0 Å². The Kier molecular flexibility index (Phi) is 13.5. The Morgan fingerprint density at radius 3 is 2.44 bits per heavy atom. The lowest BCUT2D eigenvalue weighted by atomic mass is 10.1. The largest absolute Gasteiger partial charge is 0.493 e. The second-order valence-corrected chi connectivity index (χ2v) is 6.10. The molecule has 7 nitrogen and oxygen atoms in total. The standard InChI is InChI=1S/C19H32N4O3.HI/c1-6-20-19(22-12-10-18(24)23-14(2)3)21-11-9-15-7-8-16(25-4)17(13-15)26-5;/h7-8,13-14H,6,9-12H2,1-5H3,(H,23,24)(H2,20,21,22);1H. The quantitative estimate of drug-likeness (QED) is 0.265. The molecule has 0 unspecified atom stereocenters. The van der Waals surface area contributed by atoms with Crippen molar-refractivity contribution in [2.45, 2.75) is 39.7 Å². The molecule has 0 bridgehead atoms. The van der Waals surface area contributed by atoms with E-state index in [1.54, 1.807) is 14.2 Å². The molecule has 3 N–H and O–H groups in total. The van der Waals surface area contributed by atoms with Gasteiger partial charge in [-0.3, -0.25) is 9.79 Å². The molecule has 0 saturated heterocycles. The average Bonchev–Trinajstić information content (AvgIpc) is 2.60. The lowest BCUT2D eigenvalue weighted by molar-refractivity contribution is -0.121. The number of methoxy groups -OCH3 is 2. The SMILES string of the molecule is CCNC(=NCCC(=O)NC(C)C)NCCc1ccc(OC)c(OC)c1.I. The molecule has 27 heavy (non-hydrogen) atoms. The minimum atomic E-state index is 0. The van der Waals surface area contributed by atoms with Gasteiger partial charge in [0.1, 0.15) is 0 Å². The third-order valence-corrected chi connectivity index (χ3v) is 3.56. The molecule has 154 valence electrons. The summed E-state index contributed by atoms with van der Waals surface area (Å²) < 4.78 is 10.6. The van der Waals surface area contributed by atoms with Crippen molar-refractivity contribution in [2.75, 3.05) is 33.9 Å². The third kappa shape index (κ3) is 10.3. The van der Waals surface area contributed by atoms with E-state index in [0.29, 0.717) is 18.9 Å². The lowest BCUT2D eigenvalue weighted by Gasteiger charge is -2.13. The van der Waals surface area contributed by atoms with Crippen LogP contribution in [0.2, 0.25) is 0 Å². The highest BCUT2D eigenvalue weighted by Crippen LogP contribution is 2.27. The van der Waals surface area contributed by atoms with Gasteiger partial charge in [-0.1, -0.05) is 6.07 Å². The Balaban J connectivity index is 0.00000676. The molecule has 0 aliphatic rings. The van der Waals surface area contributed by atoms with E-state index in [4.69, 9.17) is 9.47 Å². The van der Waals surface area contributed by atoms with E-state index in [1.165, 1.54) is 0 Å². The number of hydrogen-bond acceptors (Lipinski definition) is 4. The second kappa shape index (κ2) is 14.4. The van der Waals surface area contributed by atoms with Crippen LogP contribution in [0.5, 0.6) is 11.5 Å². The predicted octanol–water partition coefficient (Wildman–Crippen LogP) is 2.33. The molecule has 1 aromatic carbocycles. The van der Waals surface area contributed by atoms with Crippen LogP contribution in [0, 0.1) is 0 Å². The molecule has 0 aliphatic carbocycles. The molecule has 0 heterocycles. The van der Waals surface area contributed by atoms with Gasteiger partial charge in [0.15, 0.2) is 17.5 Å². The first-order chi connectivity index (χ1) is 12.5. The van der Waals surface area contributed by atoms with Crippen molar-refractivity contribution in [1.29, 1.82) is 0 Å². The van der Waals surface area contributed by atoms with Gasteiger partial charge in [0, 0.05) is 25.6 Å². The highest BCUT2D eigenvalue weighted by molar-refractivity contribution is 14.0. The summed E-state index contributed by atoms with van der Waals surface area (Å²) >= 11 is 0. The number of hydrogen-bond donors (Lipinski definition) is 3. The van der Waals surface area contributed by atoms with Crippen molar-refractivity contribution in [3.8, 4) is 11.5 Å². The van der Waals surface area contributed by atoms with Gasteiger partial charge in [0.2, 0.25) is 5.91 Å². The number of benzene rings is 1. The zero-order valence-electron chi connectivity index (χ0n) is 16.9. The summed E-state index contributed by atoms with van der Waals surface area (Å²) in [6, 6.07) is 6.05. The molecule has 0 radical (unpaired) electrons. The number of guanidine groups is 1. The van der Waals surface area contributed by atoms with Crippen LogP contribution in [0.1, 0.15) is 32.8 Å². The summed E-state index contributed by atoms with van der Waals surface area (Å²) in [5, 5.41) is 9.33. The molecule has 0 aromatic heterocycles. The van der Waals surface area contributed by atoms with E-state index < -0.39 is 0 Å². The Bertz CT molecular complexity index is 594. The average molecular weight is 492 g/mol. The third-order valence-electron chi connectivity index (χ3n) is 3.56. The van der Waals surface area contributed by atoms with Gasteiger partial charge in [-0.2, -0.15) is 0 Å². The van der Waals surface area contributed by atoms with Crippen LogP contribution in [0.4, 0.5) is 0 Å². The predicted molar refractivity (Wildman–Crippen MR) is 121 cm³/mol. The molecular formula is C19H33IN4O3. The fourth-order valence-corrected chi connectivity index (χ4v) is 2.37. The monoisotopic (exact) mass is 492 g/mol. The number of carbonyl (C=O) groups is 1. The first kappa shape index (κ1) is 25.3. The summed E-state index contributed by atoms with van der Waals surface area (Å²) in [5.74, 6) is 2.18. The molecular weight excluding hydrogens is 459 g/mol. The van der Waals surface area contributed by atoms with Gasteiger partial charge in [0.05, 0.1) is 20.8 Å². The molecule has 0 aliphatic heterocycles. The summed E-state index contributed by atoms with van der Waals surface area (Å²) in [4.78, 5) is 16.1. The number of amides is 1. The van der Waals surface area contributed by atoms with Crippen LogP contribution in [0.15, 0.2) is 23.2 Å². The molecule has 0 saturated carbocycles. The van der Waals surface area contributed by atoms with Crippen LogP contribution in [-0.4, -0.2) is 51.8 Å². The molecule has 8 heteroatoms. The van der Waals surface area contributed by atoms with Crippen LogP contribution in [-0.2, 0) is 11.2 Å². The smallest absolute Gasteiger partial charge is 0.222 e. The van der Waals surface area contributed by atoms with E-state index >= 15 is 0 Å². The first-order valence-corrected chi connectivity index (χ1v) is 9.02. The number of carbonyl (C=O) groups excluding carboxylic acids is 1. The van der Waals surface area contributed by atoms with Crippen molar-refractivity contribution in [3.63, 3.8) is 0 Å². The number of halogens is 1. The summed E-state index contributed by atoms with van der Waals surface area (Å²) in [6.07, 6.45) is 1.20. The fourth-order valence-electron chi connectivity index (χ4n) is 2.37. The number of aliphatic imine (C=N–C) groups is 1. The topological polar surface area (TPSA) is 84.0 Å². The summed E-state index contributed by atoms with van der Waals surface area (Å²) in [7, 11) is 3.25. The highest BCUT2D eigenvalue weighted by atomic mass is 127. The van der Waals surface area contributed by atoms with E-state index in [0.717, 1.165) is 36.6 Å². The Morgan fingerprint density at radius 1 is 1.15 bits per heavy atom. The fraction of sp³-hybridized carbons (Fsp3) is 0.579. The van der Waals surface area contributed by atoms with E-state index in [2.05, 4.69) is 20.9 Å². The van der Waals surface area contributed by atoms with Gasteiger partial charge >= 0.3 is 0 Å². The van der Waals surface area contributed by atoms with E-state index in [-0.39, 0.29) is 35.9 Å². The summed E-state index contributed by atoms with van der Waals surface area (Å²) in [6.45, 7) is 7.84. The van der Waals surface area contributed by atoms with Crippen molar-refractivity contribution in [2.24, 2.45) is 4.99 Å². The van der Waals surface area contributed by atoms with E-state index in [9.17, 15) is 4.79 Å². The number of nitrogens with one attached hydrogen (secondary N) is 3. The summed E-state index contributed by atoms with van der Waals surface area (Å²) in [5.41, 5.74) is 1.14. The first-order valence-electron chi connectivity index (χ1n) is 9.02. The maximum absolute atomic E-state index is 11.7. The molecule has 1 rings (SSSR count). The maximum atomic E-state index is 11.7. The maximum Gasteiger partial charge on any atom is 0.222 e. The van der Waals surface area contributed by atoms with Crippen molar-refractivity contribution in [3.05, 3.63) is 23.8 Å². The molecule has 1 amide bonds. The molecule has 0 spiro atoms. The number of nitrogens with zero attached hydrogens (tertiary/aromatic N) is 1. The Labute approximate surface area is 179 Å². The van der Waals surface area contributed by atoms with Crippen LogP contribution in [0.25, 0.3) is 0 Å². The second-order valence-electron chi connectivity index (χ2n) is 6.10. The van der Waals surface area contributed by atoms with E-state index in [1.807, 2.05) is 39.0 Å². The van der Waals surface area contributed by atoms with Crippen molar-refractivity contribution >= 4 is 35.8 Å². The lowest BCUT2D eigenvalue weighted by Crippen LogP contribution is -2.38. The Morgan fingerprint density at radius 2 is 1.85 bits per heavy atom. The van der Waals surface area contributed by atoms with Crippen molar-refractivity contribution < 1.29 is 14.3 Å². The number of rotatable bonds is 10. The van der Waals surface area contributed by atoms with Gasteiger partial charge in [0.25, 0.3) is 0 Å². The molecule has 0 fully saturated rings. The normalized spacial score (nSPS) is 10.8. The van der Waals surface area contributed by atoms with Gasteiger partial charge < -0.3 is 25.4 Å². The Hall–Kier alpha value is -1.71. The minimum absolute atomic E-state index is 0. The van der Waals surface area contributed by atoms with Crippen LogP contribution >= 0.6 is 24.0 Å². The molecule has 1 aromatic rings. The highest BCUT2D eigenvalue weighted by Gasteiger charge is 2.06.